The van der Waals surface area contributed by atoms with Gasteiger partial charge in [0.05, 0.1) is 85.8 Å². The Balaban J connectivity index is 1.80. The third-order valence-corrected chi connectivity index (χ3v) is 4.36. The lowest BCUT2D eigenvalue weighted by Crippen LogP contribution is -2.35. The van der Waals surface area contributed by atoms with Gasteiger partial charge in [-0.25, -0.2) is 0 Å². The number of rotatable bonds is 24. The molecule has 208 valence electrons. The second-order valence-corrected chi connectivity index (χ2v) is 7.25. The average Bonchev–Trinajstić information content (AvgIpc) is 2.91. The molecule has 0 aliphatic carbocycles. The van der Waals surface area contributed by atoms with Crippen molar-refractivity contribution in [2.75, 3.05) is 97.7 Å². The fourth-order valence-electron chi connectivity index (χ4n) is 2.54. The average molecular weight is 528 g/mol. The van der Waals surface area contributed by atoms with Gasteiger partial charge in [-0.05, 0) is 23.2 Å². The van der Waals surface area contributed by atoms with E-state index in [4.69, 9.17) is 39.1 Å². The van der Waals surface area contributed by atoms with Crippen LogP contribution in [0.1, 0.15) is 5.56 Å². The molecule has 0 fully saturated rings. The van der Waals surface area contributed by atoms with Gasteiger partial charge in [-0.2, -0.15) is 0 Å². The Kier molecular flexibility index (Phi) is 20.5. The Hall–Kier alpha value is -2.81. The molecule has 37 heavy (non-hydrogen) atoms. The quantitative estimate of drug-likeness (QED) is 0.0752. The molecule has 0 spiro atoms. The molecule has 0 bridgehead atoms. The molecule has 0 aliphatic rings. The minimum atomic E-state index is -0.407. The summed E-state index contributed by atoms with van der Waals surface area (Å²) >= 11 is 0. The van der Waals surface area contributed by atoms with Gasteiger partial charge in [0, 0.05) is 17.1 Å². The largest absolute Gasteiger partial charge is 0.392 e. The summed E-state index contributed by atoms with van der Waals surface area (Å²) in [4.78, 5) is 26.2. The molecule has 1 aromatic rings. The van der Waals surface area contributed by atoms with Gasteiger partial charge in [-0.1, -0.05) is 17.2 Å². The van der Waals surface area contributed by atoms with Crippen LogP contribution < -0.4 is 10.6 Å². The first-order chi connectivity index (χ1) is 18.2. The SMILES string of the molecule is [N-]=[N+]=NCCOCCOCCOCCOCCOCCOCC(=O)NCC(=O)Nc1ccc(CO)cc1. The number of nitrogens with one attached hydrogen (secondary N) is 2. The van der Waals surface area contributed by atoms with Crippen molar-refractivity contribution in [2.45, 2.75) is 6.61 Å². The molecule has 0 saturated carbocycles. The van der Waals surface area contributed by atoms with Crippen LogP contribution in [0.5, 0.6) is 0 Å². The van der Waals surface area contributed by atoms with Crippen LogP contribution in [-0.2, 0) is 44.6 Å². The molecule has 0 aromatic heterocycles. The summed E-state index contributed by atoms with van der Waals surface area (Å²) in [5.41, 5.74) is 9.42. The first-order valence-corrected chi connectivity index (χ1v) is 11.9. The van der Waals surface area contributed by atoms with Crippen molar-refractivity contribution < 1.29 is 43.1 Å². The van der Waals surface area contributed by atoms with Gasteiger partial charge in [-0.3, -0.25) is 9.59 Å². The van der Waals surface area contributed by atoms with Crippen molar-refractivity contribution in [3.05, 3.63) is 40.3 Å². The molecule has 3 N–H and O–H groups in total. The smallest absolute Gasteiger partial charge is 0.246 e. The summed E-state index contributed by atoms with van der Waals surface area (Å²) < 4.78 is 31.8. The minimum Gasteiger partial charge on any atom is -0.392 e. The molecule has 0 saturated heterocycles. The van der Waals surface area contributed by atoms with E-state index in [0.717, 1.165) is 5.56 Å². The van der Waals surface area contributed by atoms with Crippen LogP contribution in [-0.4, -0.2) is 109 Å². The van der Waals surface area contributed by atoms with Crippen molar-refractivity contribution in [3.8, 4) is 0 Å². The molecular weight excluding hydrogens is 490 g/mol. The number of aliphatic hydroxyl groups is 1. The van der Waals surface area contributed by atoms with E-state index in [1.54, 1.807) is 24.3 Å². The maximum absolute atomic E-state index is 11.9. The molecule has 1 aromatic carbocycles. The molecule has 14 heteroatoms. The minimum absolute atomic E-state index is 0.0709. The molecule has 2 amide bonds. The van der Waals surface area contributed by atoms with Crippen LogP contribution in [0.15, 0.2) is 29.4 Å². The number of aliphatic hydroxyl groups excluding tert-OH is 1. The van der Waals surface area contributed by atoms with Crippen molar-refractivity contribution in [1.82, 2.24) is 5.32 Å². The van der Waals surface area contributed by atoms with Gasteiger partial charge < -0.3 is 44.2 Å². The lowest BCUT2D eigenvalue weighted by atomic mass is 10.2. The van der Waals surface area contributed by atoms with E-state index >= 15 is 0 Å². The van der Waals surface area contributed by atoms with E-state index in [0.29, 0.717) is 78.3 Å². The monoisotopic (exact) mass is 527 g/mol. The third kappa shape index (κ3) is 20.0. The topological polar surface area (TPSA) is 183 Å². The van der Waals surface area contributed by atoms with E-state index in [1.807, 2.05) is 0 Å². The molecule has 1 rings (SSSR count). The first kappa shape index (κ1) is 32.2. The zero-order valence-corrected chi connectivity index (χ0v) is 21.0. The van der Waals surface area contributed by atoms with Gasteiger partial charge in [0.2, 0.25) is 11.8 Å². The third-order valence-electron chi connectivity index (χ3n) is 4.36. The van der Waals surface area contributed by atoms with Gasteiger partial charge in [0.1, 0.15) is 6.61 Å². The molecular formula is C23H37N5O9. The van der Waals surface area contributed by atoms with Gasteiger partial charge in [-0.15, -0.1) is 0 Å². The van der Waals surface area contributed by atoms with Crippen LogP contribution in [0, 0.1) is 0 Å². The number of azide groups is 1. The highest BCUT2D eigenvalue weighted by atomic mass is 16.6. The number of carbonyl (C=O) groups excluding carboxylic acids is 2. The highest BCUT2D eigenvalue weighted by Crippen LogP contribution is 2.09. The Morgan fingerprint density at radius 1 is 0.757 bits per heavy atom. The van der Waals surface area contributed by atoms with Crippen molar-refractivity contribution in [3.63, 3.8) is 0 Å². The highest BCUT2D eigenvalue weighted by Gasteiger charge is 2.06. The number of hydrogen-bond acceptors (Lipinski definition) is 10. The Morgan fingerprint density at radius 3 is 1.73 bits per heavy atom. The second kappa shape index (κ2) is 23.6. The number of ether oxygens (including phenoxy) is 6. The van der Waals surface area contributed by atoms with Gasteiger partial charge in [0.15, 0.2) is 0 Å². The summed E-state index contributed by atoms with van der Waals surface area (Å²) in [6.07, 6.45) is 0. The molecule has 0 heterocycles. The number of amides is 2. The fraction of sp³-hybridized carbons (Fsp3) is 0.652. The number of anilines is 1. The van der Waals surface area contributed by atoms with Gasteiger partial charge >= 0.3 is 0 Å². The predicted octanol–water partition coefficient (Wildman–Crippen LogP) is 0.644. The standard InChI is InChI=1S/C23H37N5O9/c24-28-26-5-6-32-7-8-33-9-10-34-11-12-35-13-14-36-15-16-37-19-23(31)25-17-22(30)27-21-3-1-20(18-29)2-4-21/h1-4,29H,5-19H2,(H,25,31)(H,27,30). The molecule has 0 aliphatic heterocycles. The number of carbonyl (C=O) groups is 2. The van der Waals surface area contributed by atoms with Crippen molar-refractivity contribution in [2.24, 2.45) is 5.11 Å². The molecule has 14 nitrogen and oxygen atoms in total. The van der Waals surface area contributed by atoms with Crippen LogP contribution in [0.3, 0.4) is 0 Å². The molecule has 0 radical (unpaired) electrons. The summed E-state index contributed by atoms with van der Waals surface area (Å²) in [5.74, 6) is -0.774. The first-order valence-electron chi connectivity index (χ1n) is 11.9. The highest BCUT2D eigenvalue weighted by molar-refractivity contribution is 5.94. The Bertz CT molecular complexity index is 776. The molecule has 0 unspecified atom stereocenters. The Morgan fingerprint density at radius 2 is 1.24 bits per heavy atom. The van der Waals surface area contributed by atoms with Crippen LogP contribution in [0.4, 0.5) is 5.69 Å². The van der Waals surface area contributed by atoms with Crippen LogP contribution >= 0.6 is 0 Å². The maximum atomic E-state index is 11.9. The predicted molar refractivity (Wildman–Crippen MR) is 133 cm³/mol. The summed E-state index contributed by atoms with van der Waals surface area (Å²) in [6.45, 7) is 4.27. The van der Waals surface area contributed by atoms with E-state index in [2.05, 4.69) is 20.7 Å². The van der Waals surface area contributed by atoms with Crippen molar-refractivity contribution >= 4 is 17.5 Å². The van der Waals surface area contributed by atoms with Gasteiger partial charge in [0.25, 0.3) is 0 Å². The molecule has 0 atom stereocenters. The Labute approximate surface area is 216 Å². The van der Waals surface area contributed by atoms with Crippen LogP contribution in [0.25, 0.3) is 10.4 Å². The van der Waals surface area contributed by atoms with E-state index in [9.17, 15) is 9.59 Å². The number of nitrogens with zero attached hydrogens (tertiary/aromatic N) is 3. The lowest BCUT2D eigenvalue weighted by molar-refractivity contribution is -0.128. The van der Waals surface area contributed by atoms with Crippen LogP contribution in [0.2, 0.25) is 0 Å². The zero-order chi connectivity index (χ0) is 26.8. The van der Waals surface area contributed by atoms with E-state index in [-0.39, 0.29) is 32.3 Å². The number of hydrogen-bond donors (Lipinski definition) is 3. The van der Waals surface area contributed by atoms with Crippen molar-refractivity contribution in [1.29, 1.82) is 0 Å². The summed E-state index contributed by atoms with van der Waals surface area (Å²) in [5, 5.41) is 17.5. The summed E-state index contributed by atoms with van der Waals surface area (Å²) in [6, 6.07) is 6.74. The normalized spacial score (nSPS) is 10.6. The lowest BCUT2D eigenvalue weighted by Gasteiger charge is -2.09. The number of benzene rings is 1. The van der Waals surface area contributed by atoms with E-state index < -0.39 is 5.91 Å². The zero-order valence-electron chi connectivity index (χ0n) is 21.0. The van der Waals surface area contributed by atoms with E-state index in [1.165, 1.54) is 0 Å². The summed E-state index contributed by atoms with van der Waals surface area (Å²) in [7, 11) is 0. The second-order valence-electron chi connectivity index (χ2n) is 7.25. The fourth-order valence-corrected chi connectivity index (χ4v) is 2.54. The maximum Gasteiger partial charge on any atom is 0.246 e.